The lowest BCUT2D eigenvalue weighted by Gasteiger charge is -2.15. The second-order valence-electron chi connectivity index (χ2n) is 7.53. The number of pyridine rings is 2. The molecule has 3 aromatic rings. The number of aryl methyl sites for hydroxylation is 1. The Hall–Kier alpha value is -3.46. The summed E-state index contributed by atoms with van der Waals surface area (Å²) in [7, 11) is 0. The third kappa shape index (κ3) is 4.66. The lowest BCUT2D eigenvalue weighted by Crippen LogP contribution is -2.16. The summed E-state index contributed by atoms with van der Waals surface area (Å²) in [6.45, 7) is 3.83. The van der Waals surface area contributed by atoms with Crippen LogP contribution in [-0.2, 0) is 4.79 Å². The zero-order valence-electron chi connectivity index (χ0n) is 17.2. The third-order valence-electron chi connectivity index (χ3n) is 5.19. The molecule has 3 aromatic heterocycles. The van der Waals surface area contributed by atoms with E-state index in [1.807, 2.05) is 26.0 Å². The lowest BCUT2D eigenvalue weighted by molar-refractivity contribution is -0.117. The van der Waals surface area contributed by atoms with E-state index in [-0.39, 0.29) is 12.3 Å². The molecule has 1 aliphatic rings. The molecule has 0 bridgehead atoms. The van der Waals surface area contributed by atoms with Crippen LogP contribution in [0.4, 0.5) is 21.6 Å². The van der Waals surface area contributed by atoms with Crippen molar-refractivity contribution in [3.63, 3.8) is 0 Å². The van der Waals surface area contributed by atoms with Gasteiger partial charge in [-0.05, 0) is 37.5 Å². The van der Waals surface area contributed by atoms with Crippen molar-refractivity contribution in [2.45, 2.75) is 39.0 Å². The quantitative estimate of drug-likeness (QED) is 0.532. The second kappa shape index (κ2) is 8.73. The van der Waals surface area contributed by atoms with Crippen molar-refractivity contribution >= 4 is 23.1 Å². The highest BCUT2D eigenvalue weighted by molar-refractivity contribution is 5.94. The summed E-state index contributed by atoms with van der Waals surface area (Å²) < 4.78 is 13.1. The molecule has 0 aromatic carbocycles. The fraction of sp³-hybridized carbons (Fsp3) is 0.318. The molecule has 3 heterocycles. The predicted molar refractivity (Wildman–Crippen MR) is 114 cm³/mol. The third-order valence-corrected chi connectivity index (χ3v) is 5.19. The van der Waals surface area contributed by atoms with Crippen LogP contribution in [0.5, 0.6) is 0 Å². The van der Waals surface area contributed by atoms with Gasteiger partial charge in [0.25, 0.3) is 0 Å². The maximum Gasteiger partial charge on any atom is 0.231 e. The Morgan fingerprint density at radius 2 is 2.06 bits per heavy atom. The first kappa shape index (κ1) is 20.8. The summed E-state index contributed by atoms with van der Waals surface area (Å²) in [4.78, 5) is 28.9. The topological polar surface area (TPSA) is 113 Å². The molecular formula is C22H23FN6O2. The number of nitrogens with zero attached hydrogens (tertiary/aromatic N) is 4. The fourth-order valence-electron chi connectivity index (χ4n) is 3.18. The van der Waals surface area contributed by atoms with E-state index >= 15 is 0 Å². The number of halogens is 1. The first-order valence-corrected chi connectivity index (χ1v) is 10.1. The van der Waals surface area contributed by atoms with Gasteiger partial charge in [0.05, 0.1) is 41.0 Å². The van der Waals surface area contributed by atoms with Crippen LogP contribution in [0.1, 0.15) is 37.1 Å². The minimum Gasteiger partial charge on any atom is -0.387 e. The Bertz CT molecular complexity index is 1110. The molecule has 1 amide bonds. The van der Waals surface area contributed by atoms with Crippen molar-refractivity contribution in [2.75, 3.05) is 10.6 Å². The van der Waals surface area contributed by atoms with E-state index in [0.29, 0.717) is 29.2 Å². The molecule has 4 rings (SSSR count). The number of rotatable bonds is 7. The Labute approximate surface area is 179 Å². The minimum atomic E-state index is -1.07. The number of nitrogens with one attached hydrogen (secondary N) is 2. The fourth-order valence-corrected chi connectivity index (χ4v) is 3.18. The summed E-state index contributed by atoms with van der Waals surface area (Å²) in [5, 5.41) is 16.0. The van der Waals surface area contributed by atoms with E-state index in [1.54, 1.807) is 24.7 Å². The van der Waals surface area contributed by atoms with E-state index in [4.69, 9.17) is 0 Å². The van der Waals surface area contributed by atoms with Crippen molar-refractivity contribution in [3.8, 4) is 11.3 Å². The van der Waals surface area contributed by atoms with Gasteiger partial charge in [-0.3, -0.25) is 14.8 Å². The Kier molecular flexibility index (Phi) is 5.85. The zero-order valence-corrected chi connectivity index (χ0v) is 17.2. The van der Waals surface area contributed by atoms with Crippen LogP contribution in [0, 0.1) is 12.8 Å². The molecule has 31 heavy (non-hydrogen) atoms. The highest BCUT2D eigenvalue weighted by atomic mass is 19.1. The van der Waals surface area contributed by atoms with Crippen molar-refractivity contribution in [2.24, 2.45) is 5.92 Å². The lowest BCUT2D eigenvalue weighted by atomic mass is 10.1. The highest BCUT2D eigenvalue weighted by Crippen LogP contribution is 2.35. The Morgan fingerprint density at radius 3 is 2.77 bits per heavy atom. The highest BCUT2D eigenvalue weighted by Gasteiger charge is 2.43. The van der Waals surface area contributed by atoms with E-state index in [1.165, 1.54) is 6.33 Å². The van der Waals surface area contributed by atoms with Crippen LogP contribution in [0.3, 0.4) is 0 Å². The molecule has 0 unspecified atom stereocenters. The number of carbonyl (C=O) groups is 1. The monoisotopic (exact) mass is 422 g/mol. The van der Waals surface area contributed by atoms with Crippen LogP contribution in [-0.4, -0.2) is 37.1 Å². The standard InChI is InChI=1S/C22H23FN6O2/c1-3-20(30)18-6-12(2)19(10-25-18)28-16-4-5-24-9-14(16)17-8-21(27-11-26-17)29-22(31)13-7-15(13)23/h4-6,8-11,13,15,20,30H,3,7H2,1-2H3,(H,24,28)(H,26,27,29,31)/t13-,15+,20-/m0/s1. The maximum absolute atomic E-state index is 13.1. The van der Waals surface area contributed by atoms with Gasteiger partial charge < -0.3 is 15.7 Å². The molecule has 1 fully saturated rings. The van der Waals surface area contributed by atoms with Gasteiger partial charge in [-0.15, -0.1) is 0 Å². The largest absolute Gasteiger partial charge is 0.387 e. The summed E-state index contributed by atoms with van der Waals surface area (Å²) >= 11 is 0. The van der Waals surface area contributed by atoms with E-state index < -0.39 is 18.2 Å². The minimum absolute atomic E-state index is 0.252. The zero-order chi connectivity index (χ0) is 22.0. The SMILES string of the molecule is CC[C@H](O)c1cc(C)c(Nc2ccncc2-c2cc(NC(=O)[C@H]3C[C@H]3F)ncn2)cn1. The summed E-state index contributed by atoms with van der Waals surface area (Å²) in [6.07, 6.45) is 5.51. The number of hydrogen-bond acceptors (Lipinski definition) is 7. The molecule has 0 radical (unpaired) electrons. The van der Waals surface area contributed by atoms with E-state index in [9.17, 15) is 14.3 Å². The summed E-state index contributed by atoms with van der Waals surface area (Å²) in [5.41, 5.74) is 4.34. The summed E-state index contributed by atoms with van der Waals surface area (Å²) in [6, 6.07) is 5.29. The molecule has 160 valence electrons. The molecule has 1 saturated carbocycles. The molecule has 0 spiro atoms. The van der Waals surface area contributed by atoms with Crippen molar-refractivity contribution in [1.29, 1.82) is 0 Å². The predicted octanol–water partition coefficient (Wildman–Crippen LogP) is 3.73. The molecular weight excluding hydrogens is 399 g/mol. The van der Waals surface area contributed by atoms with Crippen molar-refractivity contribution < 1.29 is 14.3 Å². The van der Waals surface area contributed by atoms with Gasteiger partial charge >= 0.3 is 0 Å². The Morgan fingerprint density at radius 1 is 1.26 bits per heavy atom. The molecule has 0 aliphatic heterocycles. The smallest absolute Gasteiger partial charge is 0.231 e. The molecule has 8 nitrogen and oxygen atoms in total. The van der Waals surface area contributed by atoms with Gasteiger partial charge in [0, 0.05) is 24.0 Å². The first-order chi connectivity index (χ1) is 15.0. The van der Waals surface area contributed by atoms with E-state index in [2.05, 4.69) is 30.6 Å². The number of anilines is 3. The number of amides is 1. The molecule has 9 heteroatoms. The van der Waals surface area contributed by atoms with Gasteiger partial charge in [-0.1, -0.05) is 6.92 Å². The van der Waals surface area contributed by atoms with Gasteiger partial charge in [-0.25, -0.2) is 14.4 Å². The molecule has 0 saturated heterocycles. The number of aromatic nitrogens is 4. The normalized spacial score (nSPS) is 18.3. The van der Waals surface area contributed by atoms with Crippen LogP contribution >= 0.6 is 0 Å². The van der Waals surface area contributed by atoms with Crippen molar-refractivity contribution in [3.05, 3.63) is 54.4 Å². The number of aliphatic hydroxyl groups excluding tert-OH is 1. The van der Waals surface area contributed by atoms with Crippen LogP contribution < -0.4 is 10.6 Å². The van der Waals surface area contributed by atoms with Crippen LogP contribution in [0.2, 0.25) is 0 Å². The van der Waals surface area contributed by atoms with Gasteiger partial charge in [-0.2, -0.15) is 0 Å². The van der Waals surface area contributed by atoms with Crippen LogP contribution in [0.25, 0.3) is 11.3 Å². The van der Waals surface area contributed by atoms with Crippen molar-refractivity contribution in [1.82, 2.24) is 19.9 Å². The second-order valence-corrected chi connectivity index (χ2v) is 7.53. The average Bonchev–Trinajstić information content (AvgIpc) is 3.52. The number of aliphatic hydroxyl groups is 1. The number of hydrogen-bond donors (Lipinski definition) is 3. The average molecular weight is 422 g/mol. The van der Waals surface area contributed by atoms with Crippen LogP contribution in [0.15, 0.2) is 43.1 Å². The molecule has 3 N–H and O–H groups in total. The van der Waals surface area contributed by atoms with E-state index in [0.717, 1.165) is 16.9 Å². The summed E-state index contributed by atoms with van der Waals surface area (Å²) in [5.74, 6) is -0.670. The number of carbonyl (C=O) groups excluding carboxylic acids is 1. The Balaban J connectivity index is 1.58. The van der Waals surface area contributed by atoms with Gasteiger partial charge in [0.15, 0.2) is 0 Å². The van der Waals surface area contributed by atoms with Gasteiger partial charge in [0.1, 0.15) is 18.3 Å². The molecule has 3 atom stereocenters. The molecule has 1 aliphatic carbocycles. The number of alkyl halides is 1. The van der Waals surface area contributed by atoms with Gasteiger partial charge in [0.2, 0.25) is 5.91 Å². The first-order valence-electron chi connectivity index (χ1n) is 10.1. The maximum atomic E-state index is 13.1.